The van der Waals surface area contributed by atoms with Crippen molar-refractivity contribution in [3.63, 3.8) is 0 Å². The minimum absolute atomic E-state index is 0.00931. The Kier molecular flexibility index (Phi) is 7.38. The van der Waals surface area contributed by atoms with Gasteiger partial charge in [0.05, 0.1) is 10.4 Å². The number of benzene rings is 2. The van der Waals surface area contributed by atoms with Gasteiger partial charge in [-0.2, -0.15) is 0 Å². The molecule has 2 amide bonds. The zero-order chi connectivity index (χ0) is 26.1. The number of rotatable bonds is 7. The molecule has 0 aromatic heterocycles. The monoisotopic (exact) mass is 514 g/mol. The van der Waals surface area contributed by atoms with Crippen molar-refractivity contribution in [1.29, 1.82) is 0 Å². The maximum absolute atomic E-state index is 13.6. The van der Waals surface area contributed by atoms with Crippen LogP contribution in [0.2, 0.25) is 5.02 Å². The van der Waals surface area contributed by atoms with Gasteiger partial charge in [-0.05, 0) is 66.7 Å². The molecule has 7 heteroatoms. The molecule has 5 nitrogen and oxygen atoms in total. The highest BCUT2D eigenvalue weighted by Crippen LogP contribution is 2.55. The molecule has 0 radical (unpaired) electrons. The molecule has 2 N–H and O–H groups in total. The van der Waals surface area contributed by atoms with Crippen LogP contribution in [0.15, 0.2) is 42.5 Å². The third-order valence-corrected chi connectivity index (χ3v) is 8.44. The third kappa shape index (κ3) is 5.54. The van der Waals surface area contributed by atoms with Gasteiger partial charge in [0.1, 0.15) is 11.6 Å². The Morgan fingerprint density at radius 3 is 2.33 bits per heavy atom. The van der Waals surface area contributed by atoms with Gasteiger partial charge in [0.25, 0.3) is 5.91 Å². The summed E-state index contributed by atoms with van der Waals surface area (Å²) < 4.78 is 19.1. The van der Waals surface area contributed by atoms with E-state index < -0.39 is 11.2 Å². The molecule has 0 spiro atoms. The summed E-state index contributed by atoms with van der Waals surface area (Å²) in [7, 11) is 0. The fraction of sp³-hybridized carbons (Fsp3) is 0.517. The van der Waals surface area contributed by atoms with Gasteiger partial charge < -0.3 is 15.4 Å². The Hall–Kier alpha value is -2.60. The second-order valence-corrected chi connectivity index (χ2v) is 12.0. The second kappa shape index (κ2) is 10.0. The molecule has 0 saturated heterocycles. The minimum atomic E-state index is -0.585. The largest absolute Gasteiger partial charge is 0.484 e. The van der Waals surface area contributed by atoms with Gasteiger partial charge in [0, 0.05) is 18.2 Å². The Morgan fingerprint density at radius 2 is 1.75 bits per heavy atom. The molecule has 36 heavy (non-hydrogen) atoms. The lowest BCUT2D eigenvalue weighted by molar-refractivity contribution is -0.146. The van der Waals surface area contributed by atoms with Crippen molar-refractivity contribution in [2.75, 3.05) is 6.61 Å². The molecular formula is C29H36ClFN2O3. The summed E-state index contributed by atoms with van der Waals surface area (Å²) in [4.78, 5) is 26.0. The molecular weight excluding hydrogens is 479 g/mol. The first-order valence-electron chi connectivity index (χ1n) is 12.7. The van der Waals surface area contributed by atoms with E-state index in [4.69, 9.17) is 16.3 Å². The van der Waals surface area contributed by atoms with Crippen LogP contribution < -0.4 is 15.4 Å². The summed E-state index contributed by atoms with van der Waals surface area (Å²) in [6.07, 6.45) is 3.75. The Bertz CT molecular complexity index is 1120. The van der Waals surface area contributed by atoms with Crippen LogP contribution in [0.25, 0.3) is 0 Å². The Morgan fingerprint density at radius 1 is 1.08 bits per heavy atom. The lowest BCUT2D eigenvalue weighted by atomic mass is 9.52. The topological polar surface area (TPSA) is 67.4 Å². The zero-order valence-corrected chi connectivity index (χ0v) is 22.3. The fourth-order valence-electron chi connectivity index (χ4n) is 5.81. The molecule has 2 aromatic carbocycles. The van der Waals surface area contributed by atoms with Gasteiger partial charge >= 0.3 is 0 Å². The van der Waals surface area contributed by atoms with Crippen molar-refractivity contribution in [3.8, 4) is 5.75 Å². The van der Waals surface area contributed by atoms with Crippen molar-refractivity contribution in [1.82, 2.24) is 10.6 Å². The van der Waals surface area contributed by atoms with E-state index in [-0.39, 0.29) is 46.1 Å². The SMILES string of the molecule is CC1CC2(NC(=O)COc3ccc(Cl)c(F)c3)CCC1(C(=O)NCc1ccc(C(C)(C)C)cc1)CC2. The average Bonchev–Trinajstić information content (AvgIpc) is 2.83. The number of nitrogens with one attached hydrogen (secondary N) is 2. The third-order valence-electron chi connectivity index (χ3n) is 8.13. The maximum atomic E-state index is 13.6. The average molecular weight is 515 g/mol. The van der Waals surface area contributed by atoms with Gasteiger partial charge in [-0.3, -0.25) is 9.59 Å². The number of ether oxygens (including phenoxy) is 1. The standard InChI is InChI=1S/C29H36ClFN2O3/c1-19-16-28(33-25(34)18-36-22-9-10-23(30)24(31)15-22)11-13-29(19,14-12-28)26(35)32-17-20-5-7-21(8-6-20)27(2,3)4/h5-10,15,19H,11-14,16-18H2,1-4H3,(H,32,35)(H,33,34). The smallest absolute Gasteiger partial charge is 0.258 e. The molecule has 194 valence electrons. The van der Waals surface area contributed by atoms with E-state index in [0.717, 1.165) is 37.7 Å². The predicted molar refractivity (Wildman–Crippen MR) is 139 cm³/mol. The van der Waals surface area contributed by atoms with Crippen molar-refractivity contribution in [3.05, 3.63) is 64.4 Å². The molecule has 3 aliphatic rings. The number of amides is 2. The van der Waals surface area contributed by atoms with E-state index in [2.05, 4.69) is 62.6 Å². The first kappa shape index (κ1) is 26.5. The molecule has 2 bridgehead atoms. The van der Waals surface area contributed by atoms with Crippen LogP contribution in [0.5, 0.6) is 5.75 Å². The molecule has 3 aliphatic carbocycles. The summed E-state index contributed by atoms with van der Waals surface area (Å²) in [5, 5.41) is 6.36. The van der Waals surface area contributed by atoms with Crippen molar-refractivity contribution in [2.45, 2.75) is 77.3 Å². The summed E-state index contributed by atoms with van der Waals surface area (Å²) >= 11 is 5.69. The quantitative estimate of drug-likeness (QED) is 0.481. The molecule has 1 unspecified atom stereocenters. The molecule has 0 aliphatic heterocycles. The van der Waals surface area contributed by atoms with E-state index in [1.54, 1.807) is 0 Å². The highest BCUT2D eigenvalue weighted by Gasteiger charge is 2.56. The number of carbonyl (C=O) groups excluding carboxylic acids is 2. The lowest BCUT2D eigenvalue weighted by Gasteiger charge is -2.56. The molecule has 3 saturated carbocycles. The zero-order valence-electron chi connectivity index (χ0n) is 21.5. The highest BCUT2D eigenvalue weighted by molar-refractivity contribution is 6.30. The van der Waals surface area contributed by atoms with Crippen LogP contribution >= 0.6 is 11.6 Å². The molecule has 1 atom stereocenters. The predicted octanol–water partition coefficient (Wildman–Crippen LogP) is 5.93. The lowest BCUT2D eigenvalue weighted by Crippen LogP contribution is -2.63. The summed E-state index contributed by atoms with van der Waals surface area (Å²) in [5.74, 6) is -0.306. The number of halogens is 2. The van der Waals surface area contributed by atoms with Gasteiger partial charge in [-0.25, -0.2) is 4.39 Å². The maximum Gasteiger partial charge on any atom is 0.258 e. The van der Waals surface area contributed by atoms with Crippen molar-refractivity contribution < 1.29 is 18.7 Å². The first-order valence-corrected chi connectivity index (χ1v) is 13.1. The van der Waals surface area contributed by atoms with Crippen LogP contribution in [0.4, 0.5) is 4.39 Å². The van der Waals surface area contributed by atoms with Crippen LogP contribution in [-0.2, 0) is 21.5 Å². The van der Waals surface area contributed by atoms with Gasteiger partial charge in [0.15, 0.2) is 6.61 Å². The van der Waals surface area contributed by atoms with Gasteiger partial charge in [-0.1, -0.05) is 63.6 Å². The number of hydrogen-bond donors (Lipinski definition) is 2. The highest BCUT2D eigenvalue weighted by atomic mass is 35.5. The molecule has 5 rings (SSSR count). The van der Waals surface area contributed by atoms with E-state index in [0.29, 0.717) is 6.54 Å². The van der Waals surface area contributed by atoms with Gasteiger partial charge in [-0.15, -0.1) is 0 Å². The minimum Gasteiger partial charge on any atom is -0.484 e. The van der Waals surface area contributed by atoms with Crippen LogP contribution in [0, 0.1) is 17.2 Å². The Balaban J connectivity index is 1.30. The number of hydrogen-bond acceptors (Lipinski definition) is 3. The van der Waals surface area contributed by atoms with Crippen molar-refractivity contribution >= 4 is 23.4 Å². The summed E-state index contributed by atoms with van der Waals surface area (Å²) in [6.45, 7) is 9.00. The molecule has 2 aromatic rings. The summed E-state index contributed by atoms with van der Waals surface area (Å²) in [5.41, 5.74) is 1.75. The fourth-order valence-corrected chi connectivity index (χ4v) is 5.93. The van der Waals surface area contributed by atoms with Crippen LogP contribution in [0.1, 0.15) is 70.9 Å². The van der Waals surface area contributed by atoms with E-state index in [9.17, 15) is 14.0 Å². The van der Waals surface area contributed by atoms with E-state index in [1.165, 1.54) is 23.8 Å². The Labute approximate surface area is 218 Å². The number of fused-ring (bicyclic) bond motifs is 3. The van der Waals surface area contributed by atoms with E-state index >= 15 is 0 Å². The van der Waals surface area contributed by atoms with Crippen LogP contribution in [-0.4, -0.2) is 24.0 Å². The normalized spacial score (nSPS) is 25.3. The second-order valence-electron chi connectivity index (χ2n) is 11.6. The first-order chi connectivity index (χ1) is 16.9. The summed E-state index contributed by atoms with van der Waals surface area (Å²) in [6, 6.07) is 12.5. The van der Waals surface area contributed by atoms with Gasteiger partial charge in [0.2, 0.25) is 5.91 Å². The van der Waals surface area contributed by atoms with Crippen molar-refractivity contribution in [2.24, 2.45) is 11.3 Å². The number of carbonyl (C=O) groups is 2. The van der Waals surface area contributed by atoms with E-state index in [1.807, 2.05) is 0 Å². The molecule has 0 heterocycles. The molecule has 3 fully saturated rings. The van der Waals surface area contributed by atoms with Crippen LogP contribution in [0.3, 0.4) is 0 Å².